The molecule has 0 saturated heterocycles. The van der Waals surface area contributed by atoms with E-state index in [0.717, 1.165) is 16.9 Å². The summed E-state index contributed by atoms with van der Waals surface area (Å²) in [5.41, 5.74) is 3.22. The molecule has 0 unspecified atom stereocenters. The van der Waals surface area contributed by atoms with Gasteiger partial charge in [-0.3, -0.25) is 0 Å². The molecule has 24 heavy (non-hydrogen) atoms. The average molecular weight is 321 g/mol. The Hall–Kier alpha value is -2.88. The van der Waals surface area contributed by atoms with Crippen LogP contribution >= 0.6 is 0 Å². The van der Waals surface area contributed by atoms with Crippen molar-refractivity contribution in [2.75, 3.05) is 7.11 Å². The summed E-state index contributed by atoms with van der Waals surface area (Å²) in [7, 11) is 1.60. The van der Waals surface area contributed by atoms with Crippen LogP contribution in [0.3, 0.4) is 0 Å². The second-order valence-electron chi connectivity index (χ2n) is 5.89. The Bertz CT molecular complexity index is 800. The third-order valence-corrected chi connectivity index (χ3v) is 3.86. The smallest absolute Gasteiger partial charge is 0.363 e. The van der Waals surface area contributed by atoms with Crippen LogP contribution in [-0.4, -0.2) is 19.0 Å². The van der Waals surface area contributed by atoms with Crippen molar-refractivity contribution in [3.8, 4) is 5.75 Å². The van der Waals surface area contributed by atoms with Gasteiger partial charge in [0.25, 0.3) is 0 Å². The summed E-state index contributed by atoms with van der Waals surface area (Å²) in [6, 6.07) is 15.3. The van der Waals surface area contributed by atoms with Gasteiger partial charge in [0.15, 0.2) is 5.70 Å². The number of aliphatic imine (C=N–C) groups is 1. The van der Waals surface area contributed by atoms with E-state index in [1.54, 1.807) is 25.3 Å². The van der Waals surface area contributed by atoms with Gasteiger partial charge in [0.1, 0.15) is 5.75 Å². The molecule has 0 saturated carbocycles. The van der Waals surface area contributed by atoms with Crippen molar-refractivity contribution in [1.82, 2.24) is 0 Å². The number of ether oxygens (including phenoxy) is 2. The first-order valence-electron chi connectivity index (χ1n) is 7.84. The molecular formula is C20H19NO3. The second kappa shape index (κ2) is 6.71. The predicted molar refractivity (Wildman–Crippen MR) is 94.1 cm³/mol. The highest BCUT2D eigenvalue weighted by Crippen LogP contribution is 2.22. The van der Waals surface area contributed by atoms with Crippen molar-refractivity contribution in [2.24, 2.45) is 4.99 Å². The van der Waals surface area contributed by atoms with Crippen LogP contribution in [0.2, 0.25) is 0 Å². The zero-order chi connectivity index (χ0) is 17.1. The maximum atomic E-state index is 12.0. The molecule has 0 amide bonds. The van der Waals surface area contributed by atoms with Crippen LogP contribution in [0.5, 0.6) is 5.75 Å². The van der Waals surface area contributed by atoms with Gasteiger partial charge in [-0.15, -0.1) is 0 Å². The largest absolute Gasteiger partial charge is 0.497 e. The van der Waals surface area contributed by atoms with Crippen molar-refractivity contribution in [3.05, 3.63) is 70.9 Å². The van der Waals surface area contributed by atoms with Gasteiger partial charge in [0.05, 0.1) is 7.11 Å². The fourth-order valence-corrected chi connectivity index (χ4v) is 2.40. The summed E-state index contributed by atoms with van der Waals surface area (Å²) in [4.78, 5) is 16.3. The van der Waals surface area contributed by atoms with E-state index < -0.39 is 5.97 Å². The molecule has 1 aliphatic rings. The van der Waals surface area contributed by atoms with E-state index in [0.29, 0.717) is 17.5 Å². The molecule has 2 aromatic carbocycles. The first kappa shape index (κ1) is 16.0. The molecule has 0 fully saturated rings. The van der Waals surface area contributed by atoms with E-state index >= 15 is 0 Å². The molecule has 0 aromatic heterocycles. The summed E-state index contributed by atoms with van der Waals surface area (Å²) in [6.07, 6.45) is 1.74. The van der Waals surface area contributed by atoms with Crippen LogP contribution in [0.15, 0.2) is 59.2 Å². The quantitative estimate of drug-likeness (QED) is 0.627. The minimum absolute atomic E-state index is 0.304. The Balaban J connectivity index is 1.85. The summed E-state index contributed by atoms with van der Waals surface area (Å²) in [6.45, 7) is 4.29. The van der Waals surface area contributed by atoms with E-state index in [1.165, 1.54) is 5.56 Å². The summed E-state index contributed by atoms with van der Waals surface area (Å²) in [5, 5.41) is 0. The summed E-state index contributed by atoms with van der Waals surface area (Å²) in [5.74, 6) is 1.09. The highest BCUT2D eigenvalue weighted by molar-refractivity contribution is 6.12. The number of carbonyl (C=O) groups is 1. The normalized spacial score (nSPS) is 15.6. The minimum Gasteiger partial charge on any atom is -0.497 e. The number of methoxy groups -OCH3 is 1. The fraction of sp³-hybridized carbons (Fsp3) is 0.200. The Kier molecular flexibility index (Phi) is 4.47. The SMILES string of the molecule is COc1ccc(C2=N/C(=C/c3ccc(C(C)C)cc3)C(=O)O2)cc1. The first-order chi connectivity index (χ1) is 11.6. The lowest BCUT2D eigenvalue weighted by atomic mass is 10.0. The Morgan fingerprint density at radius 3 is 2.29 bits per heavy atom. The van der Waals surface area contributed by atoms with E-state index in [4.69, 9.17) is 9.47 Å². The number of benzene rings is 2. The van der Waals surface area contributed by atoms with Crippen LogP contribution in [0.25, 0.3) is 6.08 Å². The van der Waals surface area contributed by atoms with E-state index in [1.807, 2.05) is 24.3 Å². The zero-order valence-electron chi connectivity index (χ0n) is 13.9. The Morgan fingerprint density at radius 1 is 1.04 bits per heavy atom. The number of nitrogens with zero attached hydrogens (tertiary/aromatic N) is 1. The maximum Gasteiger partial charge on any atom is 0.363 e. The molecule has 1 aliphatic heterocycles. The van der Waals surface area contributed by atoms with Crippen LogP contribution in [-0.2, 0) is 9.53 Å². The molecule has 0 N–H and O–H groups in total. The molecule has 4 heteroatoms. The van der Waals surface area contributed by atoms with Crippen molar-refractivity contribution >= 4 is 17.9 Å². The maximum absolute atomic E-state index is 12.0. The zero-order valence-corrected chi connectivity index (χ0v) is 13.9. The number of hydrogen-bond acceptors (Lipinski definition) is 4. The summed E-state index contributed by atoms with van der Waals surface area (Å²) < 4.78 is 10.4. The number of esters is 1. The van der Waals surface area contributed by atoms with Crippen molar-refractivity contribution in [2.45, 2.75) is 19.8 Å². The average Bonchev–Trinajstić information content (AvgIpc) is 2.96. The minimum atomic E-state index is -0.436. The van der Waals surface area contributed by atoms with E-state index in [2.05, 4.69) is 31.0 Å². The van der Waals surface area contributed by atoms with Crippen LogP contribution < -0.4 is 4.74 Å². The molecule has 2 aromatic rings. The molecule has 0 spiro atoms. The lowest BCUT2D eigenvalue weighted by molar-refractivity contribution is -0.129. The lowest BCUT2D eigenvalue weighted by Crippen LogP contribution is -2.05. The van der Waals surface area contributed by atoms with E-state index in [-0.39, 0.29) is 0 Å². The van der Waals surface area contributed by atoms with Gasteiger partial charge in [-0.1, -0.05) is 38.1 Å². The van der Waals surface area contributed by atoms with Gasteiger partial charge >= 0.3 is 5.97 Å². The third kappa shape index (κ3) is 3.38. The highest BCUT2D eigenvalue weighted by atomic mass is 16.6. The van der Waals surface area contributed by atoms with Gasteiger partial charge in [0.2, 0.25) is 5.90 Å². The molecule has 0 radical (unpaired) electrons. The summed E-state index contributed by atoms with van der Waals surface area (Å²) >= 11 is 0. The molecule has 122 valence electrons. The standard InChI is InChI=1S/C20H19NO3/c1-13(2)15-6-4-14(5-7-15)12-18-20(22)24-19(21-18)16-8-10-17(23-3)11-9-16/h4-13H,1-3H3/b18-12+. The monoisotopic (exact) mass is 321 g/mol. The molecule has 4 nitrogen and oxygen atoms in total. The molecule has 0 aliphatic carbocycles. The lowest BCUT2D eigenvalue weighted by Gasteiger charge is -2.04. The fourth-order valence-electron chi connectivity index (χ4n) is 2.40. The van der Waals surface area contributed by atoms with Gasteiger partial charge in [-0.25, -0.2) is 9.79 Å². The van der Waals surface area contributed by atoms with Gasteiger partial charge < -0.3 is 9.47 Å². The number of hydrogen-bond donors (Lipinski definition) is 0. The van der Waals surface area contributed by atoms with E-state index in [9.17, 15) is 4.79 Å². The third-order valence-electron chi connectivity index (χ3n) is 3.86. The topological polar surface area (TPSA) is 47.9 Å². The molecule has 0 bridgehead atoms. The Labute approximate surface area is 141 Å². The van der Waals surface area contributed by atoms with Gasteiger partial charge in [-0.05, 0) is 47.4 Å². The van der Waals surface area contributed by atoms with Gasteiger partial charge in [0, 0.05) is 5.56 Å². The number of rotatable bonds is 4. The van der Waals surface area contributed by atoms with Gasteiger partial charge in [-0.2, -0.15) is 0 Å². The molecular weight excluding hydrogens is 302 g/mol. The number of cyclic esters (lactones) is 1. The van der Waals surface area contributed by atoms with Crippen molar-refractivity contribution in [3.63, 3.8) is 0 Å². The van der Waals surface area contributed by atoms with Crippen molar-refractivity contribution in [1.29, 1.82) is 0 Å². The molecule has 0 atom stereocenters. The van der Waals surface area contributed by atoms with Crippen LogP contribution in [0.4, 0.5) is 0 Å². The van der Waals surface area contributed by atoms with Crippen LogP contribution in [0.1, 0.15) is 36.5 Å². The van der Waals surface area contributed by atoms with Crippen LogP contribution in [0, 0.1) is 0 Å². The predicted octanol–water partition coefficient (Wildman–Crippen LogP) is 4.16. The molecule has 3 rings (SSSR count). The second-order valence-corrected chi connectivity index (χ2v) is 5.89. The number of carbonyl (C=O) groups excluding carboxylic acids is 1. The highest BCUT2D eigenvalue weighted by Gasteiger charge is 2.24. The molecule has 1 heterocycles. The van der Waals surface area contributed by atoms with Crippen molar-refractivity contribution < 1.29 is 14.3 Å². The first-order valence-corrected chi connectivity index (χ1v) is 7.84. The Morgan fingerprint density at radius 2 is 1.71 bits per heavy atom.